The Labute approximate surface area is 147 Å². The minimum atomic E-state index is -0.427. The van der Waals surface area contributed by atoms with Gasteiger partial charge in [0, 0.05) is 12.5 Å². The Hall–Kier alpha value is -1.87. The predicted molar refractivity (Wildman–Crippen MR) is 91.6 cm³/mol. The van der Waals surface area contributed by atoms with Gasteiger partial charge in [0.25, 0.3) is 0 Å². The molecular formula is C17H23ClN4O2. The highest BCUT2D eigenvalue weighted by molar-refractivity contribution is 6.30. The van der Waals surface area contributed by atoms with Crippen LogP contribution >= 0.6 is 11.6 Å². The van der Waals surface area contributed by atoms with Crippen molar-refractivity contribution in [3.63, 3.8) is 0 Å². The van der Waals surface area contributed by atoms with Crippen LogP contribution in [0.15, 0.2) is 6.20 Å². The van der Waals surface area contributed by atoms with E-state index in [0.29, 0.717) is 18.2 Å². The minimum Gasteiger partial charge on any atom is -0.460 e. The van der Waals surface area contributed by atoms with Crippen molar-refractivity contribution in [3.8, 4) is 6.07 Å². The fraction of sp³-hybridized carbons (Fsp3) is 0.647. The van der Waals surface area contributed by atoms with Crippen molar-refractivity contribution in [3.05, 3.63) is 17.0 Å². The van der Waals surface area contributed by atoms with Gasteiger partial charge in [-0.2, -0.15) is 5.26 Å². The van der Waals surface area contributed by atoms with Crippen molar-refractivity contribution in [1.82, 2.24) is 9.97 Å². The Bertz CT molecular complexity index is 628. The molecule has 1 fully saturated rings. The minimum absolute atomic E-state index is 0.112. The zero-order valence-corrected chi connectivity index (χ0v) is 15.1. The first-order chi connectivity index (χ1) is 11.3. The number of rotatable bonds is 4. The van der Waals surface area contributed by atoms with E-state index in [2.05, 4.69) is 15.3 Å². The molecule has 2 rings (SSSR count). The molecule has 0 aliphatic heterocycles. The molecule has 0 radical (unpaired) electrons. The summed E-state index contributed by atoms with van der Waals surface area (Å²) in [7, 11) is 0. The van der Waals surface area contributed by atoms with E-state index in [1.54, 1.807) is 0 Å². The van der Waals surface area contributed by atoms with Gasteiger partial charge in [-0.05, 0) is 52.4 Å². The second-order valence-corrected chi connectivity index (χ2v) is 7.52. The number of anilines is 1. The summed E-state index contributed by atoms with van der Waals surface area (Å²) < 4.78 is 5.38. The van der Waals surface area contributed by atoms with Crippen molar-refractivity contribution in [2.24, 2.45) is 5.92 Å². The summed E-state index contributed by atoms with van der Waals surface area (Å²) in [5.41, 5.74) is -0.299. The summed E-state index contributed by atoms with van der Waals surface area (Å²) in [6.07, 6.45) is 5.84. The molecule has 0 unspecified atom stereocenters. The Balaban J connectivity index is 1.80. The molecule has 1 aliphatic carbocycles. The standard InChI is InChI=1S/C17H23ClN4O2/c1-17(2,3)24-15(23)8-11-4-6-12(7-5-11)21-14-10-20-13(9-19)16(18)22-14/h10-12H,4-8H2,1-3H3,(H,21,22). The zero-order valence-electron chi connectivity index (χ0n) is 14.3. The van der Waals surface area contributed by atoms with Crippen LogP contribution in [-0.4, -0.2) is 27.6 Å². The maximum Gasteiger partial charge on any atom is 0.306 e. The smallest absolute Gasteiger partial charge is 0.306 e. The summed E-state index contributed by atoms with van der Waals surface area (Å²) >= 11 is 5.89. The molecule has 1 N–H and O–H groups in total. The molecule has 1 heterocycles. The molecule has 0 amide bonds. The molecule has 0 atom stereocenters. The lowest BCUT2D eigenvalue weighted by molar-refractivity contribution is -0.156. The summed E-state index contributed by atoms with van der Waals surface area (Å²) in [4.78, 5) is 20.0. The van der Waals surface area contributed by atoms with Crippen LogP contribution in [0, 0.1) is 17.2 Å². The average Bonchev–Trinajstić information content (AvgIpc) is 2.47. The monoisotopic (exact) mass is 350 g/mol. The fourth-order valence-corrected chi connectivity index (χ4v) is 3.03. The quantitative estimate of drug-likeness (QED) is 0.833. The maximum atomic E-state index is 11.9. The zero-order chi connectivity index (χ0) is 17.7. The Morgan fingerprint density at radius 2 is 2.08 bits per heavy atom. The first-order valence-corrected chi connectivity index (χ1v) is 8.55. The molecule has 1 saturated carbocycles. The van der Waals surface area contributed by atoms with E-state index in [-0.39, 0.29) is 22.9 Å². The number of hydrogen-bond acceptors (Lipinski definition) is 6. The number of nitrogens with zero attached hydrogens (tertiary/aromatic N) is 3. The fourth-order valence-electron chi connectivity index (χ4n) is 2.85. The van der Waals surface area contributed by atoms with E-state index in [4.69, 9.17) is 21.6 Å². The molecule has 7 heteroatoms. The van der Waals surface area contributed by atoms with E-state index in [1.165, 1.54) is 6.20 Å². The summed E-state index contributed by atoms with van der Waals surface area (Å²) in [6, 6.07) is 2.17. The van der Waals surface area contributed by atoms with Crippen LogP contribution in [0.3, 0.4) is 0 Å². The molecule has 24 heavy (non-hydrogen) atoms. The Morgan fingerprint density at radius 1 is 1.42 bits per heavy atom. The van der Waals surface area contributed by atoms with Crippen LogP contribution in [0.25, 0.3) is 0 Å². The van der Waals surface area contributed by atoms with Gasteiger partial charge >= 0.3 is 5.97 Å². The molecule has 0 spiro atoms. The van der Waals surface area contributed by atoms with Crippen molar-refractivity contribution < 1.29 is 9.53 Å². The first kappa shape index (κ1) is 18.5. The molecule has 6 nitrogen and oxygen atoms in total. The van der Waals surface area contributed by atoms with Gasteiger partial charge in [-0.25, -0.2) is 9.97 Å². The van der Waals surface area contributed by atoms with Gasteiger partial charge in [0.15, 0.2) is 10.8 Å². The predicted octanol–water partition coefficient (Wildman–Crippen LogP) is 3.70. The maximum absolute atomic E-state index is 11.9. The highest BCUT2D eigenvalue weighted by atomic mass is 35.5. The van der Waals surface area contributed by atoms with Gasteiger partial charge in [-0.15, -0.1) is 0 Å². The SMILES string of the molecule is CC(C)(C)OC(=O)CC1CCC(Nc2cnc(C#N)c(Cl)n2)CC1. The van der Waals surface area contributed by atoms with Gasteiger partial charge < -0.3 is 10.1 Å². The third-order valence-electron chi connectivity index (χ3n) is 3.91. The molecule has 1 aromatic heterocycles. The van der Waals surface area contributed by atoms with Crippen molar-refractivity contribution in [1.29, 1.82) is 5.26 Å². The highest BCUT2D eigenvalue weighted by Gasteiger charge is 2.25. The molecule has 130 valence electrons. The number of hydrogen-bond donors (Lipinski definition) is 1. The Kier molecular flexibility index (Phi) is 6.00. The number of carbonyl (C=O) groups excluding carboxylic acids is 1. The second kappa shape index (κ2) is 7.80. The number of ether oxygens (including phenoxy) is 1. The number of nitriles is 1. The lowest BCUT2D eigenvalue weighted by atomic mass is 9.84. The normalized spacial score (nSPS) is 21.0. The van der Waals surface area contributed by atoms with Crippen LogP contribution in [0.5, 0.6) is 0 Å². The van der Waals surface area contributed by atoms with E-state index in [0.717, 1.165) is 25.7 Å². The van der Waals surface area contributed by atoms with Gasteiger partial charge in [0.2, 0.25) is 0 Å². The molecule has 0 bridgehead atoms. The lowest BCUT2D eigenvalue weighted by Gasteiger charge is -2.29. The van der Waals surface area contributed by atoms with Gasteiger partial charge in [0.1, 0.15) is 17.5 Å². The second-order valence-electron chi connectivity index (χ2n) is 7.16. The van der Waals surface area contributed by atoms with Gasteiger partial charge in [-0.1, -0.05) is 11.6 Å². The third kappa shape index (κ3) is 5.64. The average molecular weight is 351 g/mol. The molecule has 1 aliphatic rings. The van der Waals surface area contributed by atoms with Crippen LogP contribution in [0.2, 0.25) is 5.15 Å². The number of halogens is 1. The van der Waals surface area contributed by atoms with Crippen LogP contribution in [0.1, 0.15) is 58.6 Å². The Morgan fingerprint density at radius 3 is 2.62 bits per heavy atom. The van der Waals surface area contributed by atoms with Crippen molar-refractivity contribution in [2.45, 2.75) is 64.5 Å². The van der Waals surface area contributed by atoms with Crippen LogP contribution in [0.4, 0.5) is 5.82 Å². The van der Waals surface area contributed by atoms with E-state index in [1.807, 2.05) is 26.8 Å². The topological polar surface area (TPSA) is 87.9 Å². The summed E-state index contributed by atoms with van der Waals surface area (Å²) in [6.45, 7) is 5.65. The summed E-state index contributed by atoms with van der Waals surface area (Å²) in [5.74, 6) is 0.826. The molecule has 0 saturated heterocycles. The summed E-state index contributed by atoms with van der Waals surface area (Å²) in [5, 5.41) is 12.2. The van der Waals surface area contributed by atoms with E-state index < -0.39 is 5.60 Å². The molecular weight excluding hydrogens is 328 g/mol. The number of aromatic nitrogens is 2. The van der Waals surface area contributed by atoms with Crippen molar-refractivity contribution >= 4 is 23.4 Å². The van der Waals surface area contributed by atoms with Crippen LogP contribution < -0.4 is 5.32 Å². The molecule has 1 aromatic rings. The number of carbonyl (C=O) groups is 1. The highest BCUT2D eigenvalue weighted by Crippen LogP contribution is 2.29. The largest absolute Gasteiger partial charge is 0.460 e. The third-order valence-corrected chi connectivity index (χ3v) is 4.17. The van der Waals surface area contributed by atoms with Crippen LogP contribution in [-0.2, 0) is 9.53 Å². The van der Waals surface area contributed by atoms with E-state index in [9.17, 15) is 4.79 Å². The molecule has 0 aromatic carbocycles. The number of nitrogens with one attached hydrogen (secondary N) is 1. The van der Waals surface area contributed by atoms with E-state index >= 15 is 0 Å². The number of esters is 1. The van der Waals surface area contributed by atoms with Gasteiger partial charge in [-0.3, -0.25) is 4.79 Å². The lowest BCUT2D eigenvalue weighted by Crippen LogP contribution is -2.29. The van der Waals surface area contributed by atoms with Crippen molar-refractivity contribution in [2.75, 3.05) is 5.32 Å². The first-order valence-electron chi connectivity index (χ1n) is 8.18. The van der Waals surface area contributed by atoms with Gasteiger partial charge in [0.05, 0.1) is 6.20 Å².